The fourth-order valence-electron chi connectivity index (χ4n) is 2.59. The Hall–Kier alpha value is -1.46. The van der Waals surface area contributed by atoms with Crippen molar-refractivity contribution in [2.24, 2.45) is 0 Å². The van der Waals surface area contributed by atoms with Crippen LogP contribution >= 0.6 is 7.92 Å². The summed E-state index contributed by atoms with van der Waals surface area (Å²) in [6.45, 7) is 0. The molecule has 0 bridgehead atoms. The second kappa shape index (κ2) is 11.3. The van der Waals surface area contributed by atoms with E-state index in [1.807, 2.05) is 12.2 Å². The summed E-state index contributed by atoms with van der Waals surface area (Å²) >= 11 is 4.53. The van der Waals surface area contributed by atoms with Crippen molar-refractivity contribution in [1.29, 1.82) is 0 Å². The van der Waals surface area contributed by atoms with Gasteiger partial charge in [0, 0.05) is 0 Å². The SMILES string of the molecule is [Br-].[Ni+][C]1=CC=CC1.c1ccc(P(c2ccccc2)c2ccccc2)cc1. The molecule has 0 heterocycles. The molecule has 0 aromatic heterocycles. The van der Waals surface area contributed by atoms with Crippen molar-refractivity contribution in [2.45, 2.75) is 6.42 Å². The quantitative estimate of drug-likeness (QED) is 0.409. The van der Waals surface area contributed by atoms with Gasteiger partial charge in [0.25, 0.3) is 0 Å². The first-order chi connectivity index (χ1) is 12.3. The van der Waals surface area contributed by atoms with Crippen LogP contribution < -0.4 is 32.9 Å². The summed E-state index contributed by atoms with van der Waals surface area (Å²) in [5.74, 6) is 0. The molecule has 0 N–H and O–H groups in total. The van der Waals surface area contributed by atoms with E-state index >= 15 is 0 Å². The zero-order valence-electron chi connectivity index (χ0n) is 14.2. The van der Waals surface area contributed by atoms with Crippen LogP contribution in [-0.4, -0.2) is 0 Å². The fraction of sp³-hybridized carbons (Fsp3) is 0.0435. The van der Waals surface area contributed by atoms with Crippen molar-refractivity contribution in [3.05, 3.63) is 114 Å². The normalized spacial score (nSPS) is 12.0. The Labute approximate surface area is 175 Å². The molecule has 26 heavy (non-hydrogen) atoms. The second-order valence-electron chi connectivity index (χ2n) is 5.55. The molecule has 0 spiro atoms. The monoisotopic (exact) mass is 464 g/mol. The Bertz CT molecular complexity index is 736. The van der Waals surface area contributed by atoms with E-state index in [1.165, 1.54) is 15.9 Å². The molecule has 0 atom stereocenters. The number of hydrogen-bond donors (Lipinski definition) is 0. The molecule has 0 saturated carbocycles. The Balaban J connectivity index is 0.000000297. The van der Waals surface area contributed by atoms with E-state index in [0.29, 0.717) is 0 Å². The summed E-state index contributed by atoms with van der Waals surface area (Å²) in [5, 5.41) is 4.19. The van der Waals surface area contributed by atoms with Gasteiger partial charge in [-0.2, -0.15) is 0 Å². The number of allylic oxidation sites excluding steroid dienone is 4. The molecular formula is C23H20BrNiP. The molecule has 0 aliphatic heterocycles. The predicted octanol–water partition coefficient (Wildman–Crippen LogP) is 1.83. The molecular weight excluding hydrogens is 446 g/mol. The third-order valence-electron chi connectivity index (χ3n) is 3.75. The third-order valence-corrected chi connectivity index (χ3v) is 6.56. The first-order valence-corrected chi connectivity index (χ1v) is 10.1. The van der Waals surface area contributed by atoms with E-state index in [0.717, 1.165) is 11.0 Å². The smallest absolute Gasteiger partial charge is 0.0134 e. The third kappa shape index (κ3) is 6.06. The molecule has 4 rings (SSSR count). The van der Waals surface area contributed by atoms with Gasteiger partial charge in [-0.05, 0) is 23.8 Å². The molecule has 1 aliphatic carbocycles. The summed E-state index contributed by atoms with van der Waals surface area (Å²) in [6, 6.07) is 32.3. The first kappa shape index (κ1) is 20.9. The topological polar surface area (TPSA) is 0 Å². The largest absolute Gasteiger partial charge is 0.0622 e. The molecule has 3 heteroatoms. The van der Waals surface area contributed by atoms with Crippen LogP contribution in [0.25, 0.3) is 0 Å². The molecule has 0 saturated heterocycles. The van der Waals surface area contributed by atoms with E-state index in [-0.39, 0.29) is 17.0 Å². The van der Waals surface area contributed by atoms with Gasteiger partial charge in [0.2, 0.25) is 0 Å². The average molecular weight is 466 g/mol. The Morgan fingerprint density at radius 1 is 0.615 bits per heavy atom. The molecule has 1 aliphatic rings. The van der Waals surface area contributed by atoms with Crippen LogP contribution in [-0.2, 0) is 15.5 Å². The predicted molar refractivity (Wildman–Crippen MR) is 107 cm³/mol. The molecule has 0 unspecified atom stereocenters. The van der Waals surface area contributed by atoms with Crippen LogP contribution in [0.15, 0.2) is 114 Å². The summed E-state index contributed by atoms with van der Waals surface area (Å²) in [5.41, 5.74) is 0. The maximum absolute atomic E-state index is 4.53. The van der Waals surface area contributed by atoms with Gasteiger partial charge in [-0.15, -0.1) is 0 Å². The summed E-state index contributed by atoms with van der Waals surface area (Å²) < 4.78 is 1.09. The molecule has 3 aromatic rings. The van der Waals surface area contributed by atoms with Gasteiger partial charge in [-0.3, -0.25) is 0 Å². The molecule has 0 nitrogen and oxygen atoms in total. The Kier molecular flexibility index (Phi) is 9.06. The van der Waals surface area contributed by atoms with E-state index in [1.54, 1.807) is 0 Å². The first-order valence-electron chi connectivity index (χ1n) is 8.28. The molecule has 0 radical (unpaired) electrons. The molecule has 3 aromatic carbocycles. The molecule has 0 fully saturated rings. The van der Waals surface area contributed by atoms with Crippen molar-refractivity contribution in [3.63, 3.8) is 0 Å². The number of halogens is 1. The van der Waals surface area contributed by atoms with Crippen molar-refractivity contribution in [2.75, 3.05) is 0 Å². The van der Waals surface area contributed by atoms with E-state index in [9.17, 15) is 0 Å². The van der Waals surface area contributed by atoms with Crippen molar-refractivity contribution >= 4 is 23.8 Å². The van der Waals surface area contributed by atoms with Crippen molar-refractivity contribution < 1.29 is 32.4 Å². The maximum Gasteiger partial charge on any atom is -0.0134 e. The fourth-order valence-corrected chi connectivity index (χ4v) is 5.10. The van der Waals surface area contributed by atoms with Crippen LogP contribution in [0, 0.1) is 0 Å². The Morgan fingerprint density at radius 2 is 1.00 bits per heavy atom. The van der Waals surface area contributed by atoms with Crippen LogP contribution in [0.1, 0.15) is 6.42 Å². The second-order valence-corrected chi connectivity index (χ2v) is 8.40. The number of benzene rings is 3. The van der Waals surface area contributed by atoms with Gasteiger partial charge < -0.3 is 17.0 Å². The number of hydrogen-bond acceptors (Lipinski definition) is 0. The van der Waals surface area contributed by atoms with E-state index in [2.05, 4.69) is 113 Å². The van der Waals surface area contributed by atoms with Crippen LogP contribution in [0.5, 0.6) is 0 Å². The minimum Gasteiger partial charge on any atom is -0.0622 e. The summed E-state index contributed by atoms with van der Waals surface area (Å²) in [4.78, 5) is 0. The maximum atomic E-state index is 4.53. The molecule has 0 amide bonds. The summed E-state index contributed by atoms with van der Waals surface area (Å²) in [7, 11) is -0.446. The number of rotatable bonds is 3. The van der Waals surface area contributed by atoms with E-state index in [4.69, 9.17) is 0 Å². The van der Waals surface area contributed by atoms with Crippen molar-refractivity contribution in [3.8, 4) is 0 Å². The zero-order chi connectivity index (χ0) is 17.3. The van der Waals surface area contributed by atoms with Gasteiger partial charge in [-0.25, -0.2) is 0 Å². The van der Waals surface area contributed by atoms with Gasteiger partial charge in [-0.1, -0.05) is 91.0 Å². The van der Waals surface area contributed by atoms with Gasteiger partial charge in [0.1, 0.15) is 0 Å². The minimum atomic E-state index is -0.446. The molecule has 134 valence electrons. The van der Waals surface area contributed by atoms with Crippen LogP contribution in [0.2, 0.25) is 0 Å². The summed E-state index contributed by atoms with van der Waals surface area (Å²) in [6.07, 6.45) is 7.04. The standard InChI is InChI=1S/C18H15P.C5H5.BrH.Ni/c1-4-10-16(11-5-1)19(17-12-6-2-7-13-17)18-14-8-3-9-15-18;1-2-4-5-3-1;;/h1-15H;1-3H,4H2;1H;/q;;;+1/p-1. The van der Waals surface area contributed by atoms with Gasteiger partial charge in [0.05, 0.1) is 0 Å². The minimum absolute atomic E-state index is 0. The van der Waals surface area contributed by atoms with Gasteiger partial charge in [0.15, 0.2) is 0 Å². The average Bonchev–Trinajstić information content (AvgIpc) is 3.16. The van der Waals surface area contributed by atoms with Gasteiger partial charge >= 0.3 is 44.7 Å². The zero-order valence-corrected chi connectivity index (χ0v) is 17.7. The Morgan fingerprint density at radius 3 is 1.23 bits per heavy atom. The van der Waals surface area contributed by atoms with Crippen LogP contribution in [0.3, 0.4) is 0 Å². The van der Waals surface area contributed by atoms with Crippen LogP contribution in [0.4, 0.5) is 0 Å². The van der Waals surface area contributed by atoms with Crippen molar-refractivity contribution in [1.82, 2.24) is 0 Å². The van der Waals surface area contributed by atoms with E-state index < -0.39 is 7.92 Å².